The number of carbonyl (C=O) groups is 2. The highest BCUT2D eigenvalue weighted by molar-refractivity contribution is 7.99. The average Bonchev–Trinajstić information content (AvgIpc) is 3.05. The lowest BCUT2D eigenvalue weighted by atomic mass is 9.95. The van der Waals surface area contributed by atoms with Crippen molar-refractivity contribution in [1.82, 2.24) is 25.4 Å². The maximum Gasteiger partial charge on any atom is 0.251 e. The Morgan fingerprint density at radius 2 is 1.86 bits per heavy atom. The van der Waals surface area contributed by atoms with E-state index in [9.17, 15) is 9.59 Å². The van der Waals surface area contributed by atoms with Gasteiger partial charge in [-0.15, -0.1) is 10.2 Å². The summed E-state index contributed by atoms with van der Waals surface area (Å²) in [6.45, 7) is 2.26. The van der Waals surface area contributed by atoms with E-state index < -0.39 is 0 Å². The molecule has 0 bridgehead atoms. The predicted molar refractivity (Wildman–Crippen MR) is 109 cm³/mol. The summed E-state index contributed by atoms with van der Waals surface area (Å²) in [5.74, 6) is 0.854. The molecule has 0 aliphatic heterocycles. The van der Waals surface area contributed by atoms with Crippen molar-refractivity contribution in [3.05, 3.63) is 41.2 Å². The Labute approximate surface area is 169 Å². The first kappa shape index (κ1) is 20.4. The summed E-state index contributed by atoms with van der Waals surface area (Å²) in [6, 6.07) is 7.73. The minimum Gasteiger partial charge on any atom is -0.353 e. The van der Waals surface area contributed by atoms with E-state index in [2.05, 4.69) is 20.8 Å². The topological polar surface area (TPSA) is 88.9 Å². The second-order valence-corrected chi connectivity index (χ2v) is 8.14. The third kappa shape index (κ3) is 5.58. The molecule has 1 aromatic heterocycles. The van der Waals surface area contributed by atoms with Gasteiger partial charge in [-0.3, -0.25) is 9.59 Å². The number of amides is 2. The first-order valence-electron chi connectivity index (χ1n) is 9.68. The monoisotopic (exact) mass is 401 g/mol. The quantitative estimate of drug-likeness (QED) is 0.696. The van der Waals surface area contributed by atoms with E-state index in [1.165, 1.54) is 31.0 Å². The molecule has 0 spiro atoms. The number of nitrogens with zero attached hydrogens (tertiary/aromatic N) is 3. The predicted octanol–water partition coefficient (Wildman–Crippen LogP) is 2.59. The summed E-state index contributed by atoms with van der Waals surface area (Å²) in [6.07, 6.45) is 5.80. The van der Waals surface area contributed by atoms with Gasteiger partial charge in [-0.05, 0) is 31.9 Å². The molecule has 8 heteroatoms. The summed E-state index contributed by atoms with van der Waals surface area (Å²) in [5, 5.41) is 14.9. The first-order valence-corrected chi connectivity index (χ1v) is 10.7. The van der Waals surface area contributed by atoms with Gasteiger partial charge in [0, 0.05) is 18.7 Å². The number of hydrogen-bond acceptors (Lipinski definition) is 5. The molecule has 2 amide bonds. The van der Waals surface area contributed by atoms with Gasteiger partial charge < -0.3 is 15.2 Å². The van der Waals surface area contributed by atoms with Crippen LogP contribution in [0.5, 0.6) is 0 Å². The molecule has 3 rings (SSSR count). The second-order valence-electron chi connectivity index (χ2n) is 7.20. The third-order valence-electron chi connectivity index (χ3n) is 4.95. The van der Waals surface area contributed by atoms with E-state index in [0.29, 0.717) is 28.3 Å². The number of thioether (sulfide) groups is 1. The van der Waals surface area contributed by atoms with Crippen molar-refractivity contribution in [3.8, 4) is 0 Å². The van der Waals surface area contributed by atoms with Crippen LogP contribution in [0, 0.1) is 6.92 Å². The standard InChI is InChI=1S/C20H27N5O2S/c1-14-8-10-15(11-9-14)19(27)21-12-17-23-24-20(25(17)2)28-13-18(26)22-16-6-4-3-5-7-16/h8-11,16H,3-7,12-13H2,1-2H3,(H,21,27)(H,22,26). The minimum atomic E-state index is -0.149. The molecular formula is C20H27N5O2S. The van der Waals surface area contributed by atoms with E-state index >= 15 is 0 Å². The summed E-state index contributed by atoms with van der Waals surface area (Å²) in [5.41, 5.74) is 1.72. The van der Waals surface area contributed by atoms with Gasteiger partial charge in [0.25, 0.3) is 5.91 Å². The van der Waals surface area contributed by atoms with Gasteiger partial charge >= 0.3 is 0 Å². The Balaban J connectivity index is 1.47. The van der Waals surface area contributed by atoms with Crippen LogP contribution >= 0.6 is 11.8 Å². The molecule has 1 fully saturated rings. The van der Waals surface area contributed by atoms with E-state index in [1.807, 2.05) is 30.7 Å². The molecule has 1 aliphatic rings. The third-order valence-corrected chi connectivity index (χ3v) is 5.97. The van der Waals surface area contributed by atoms with Gasteiger partial charge in [0.2, 0.25) is 5.91 Å². The van der Waals surface area contributed by atoms with Crippen LogP contribution in [0.15, 0.2) is 29.4 Å². The summed E-state index contributed by atoms with van der Waals surface area (Å²) < 4.78 is 1.81. The highest BCUT2D eigenvalue weighted by Crippen LogP contribution is 2.19. The fourth-order valence-corrected chi connectivity index (χ4v) is 3.98. The van der Waals surface area contributed by atoms with Crippen molar-refractivity contribution in [1.29, 1.82) is 0 Å². The Morgan fingerprint density at radius 3 is 2.57 bits per heavy atom. The molecular weight excluding hydrogens is 374 g/mol. The molecule has 2 N–H and O–H groups in total. The van der Waals surface area contributed by atoms with Gasteiger partial charge in [-0.1, -0.05) is 48.7 Å². The van der Waals surface area contributed by atoms with E-state index in [0.717, 1.165) is 18.4 Å². The van der Waals surface area contributed by atoms with Crippen molar-refractivity contribution >= 4 is 23.6 Å². The molecule has 0 radical (unpaired) electrons. The van der Waals surface area contributed by atoms with Gasteiger partial charge in [-0.2, -0.15) is 0 Å². The first-order chi connectivity index (χ1) is 13.5. The fourth-order valence-electron chi connectivity index (χ4n) is 3.24. The number of benzene rings is 1. The molecule has 28 heavy (non-hydrogen) atoms. The Hall–Kier alpha value is -2.35. The van der Waals surface area contributed by atoms with Crippen molar-refractivity contribution in [2.45, 2.75) is 56.8 Å². The van der Waals surface area contributed by atoms with E-state index in [-0.39, 0.29) is 18.4 Å². The summed E-state index contributed by atoms with van der Waals surface area (Å²) >= 11 is 1.36. The molecule has 0 atom stereocenters. The molecule has 1 saturated carbocycles. The molecule has 0 saturated heterocycles. The van der Waals surface area contributed by atoms with Crippen LogP contribution in [-0.2, 0) is 18.4 Å². The number of nitrogens with one attached hydrogen (secondary N) is 2. The van der Waals surface area contributed by atoms with E-state index in [4.69, 9.17) is 0 Å². The lowest BCUT2D eigenvalue weighted by molar-refractivity contribution is -0.119. The zero-order chi connectivity index (χ0) is 19.9. The van der Waals surface area contributed by atoms with Crippen LogP contribution in [0.1, 0.15) is 53.8 Å². The molecule has 0 unspecified atom stereocenters. The van der Waals surface area contributed by atoms with Gasteiger partial charge in [-0.25, -0.2) is 0 Å². The van der Waals surface area contributed by atoms with Crippen LogP contribution in [0.4, 0.5) is 0 Å². The van der Waals surface area contributed by atoms with Gasteiger partial charge in [0.05, 0.1) is 12.3 Å². The van der Waals surface area contributed by atoms with Gasteiger partial charge in [0.1, 0.15) is 0 Å². The van der Waals surface area contributed by atoms with Crippen molar-refractivity contribution in [3.63, 3.8) is 0 Å². The van der Waals surface area contributed by atoms with Crippen LogP contribution in [-0.4, -0.2) is 38.4 Å². The zero-order valence-electron chi connectivity index (χ0n) is 16.4. The van der Waals surface area contributed by atoms with Crippen LogP contribution in [0.25, 0.3) is 0 Å². The Bertz CT molecular complexity index is 813. The second kappa shape index (κ2) is 9.73. The number of rotatable bonds is 7. The minimum absolute atomic E-state index is 0.0362. The SMILES string of the molecule is Cc1ccc(C(=O)NCc2nnc(SCC(=O)NC3CCCCC3)n2C)cc1. The van der Waals surface area contributed by atoms with Crippen molar-refractivity contribution in [2.75, 3.05) is 5.75 Å². The van der Waals surface area contributed by atoms with E-state index in [1.54, 1.807) is 12.1 Å². The normalized spacial score (nSPS) is 14.6. The van der Waals surface area contributed by atoms with Crippen LogP contribution in [0.2, 0.25) is 0 Å². The molecule has 2 aromatic rings. The molecule has 1 heterocycles. The number of hydrogen-bond donors (Lipinski definition) is 2. The van der Waals surface area contributed by atoms with Gasteiger partial charge in [0.15, 0.2) is 11.0 Å². The molecule has 7 nitrogen and oxygen atoms in total. The maximum atomic E-state index is 12.2. The Kier molecular flexibility index (Phi) is 7.08. The number of carbonyl (C=O) groups excluding carboxylic acids is 2. The van der Waals surface area contributed by atoms with Crippen LogP contribution < -0.4 is 10.6 Å². The summed E-state index contributed by atoms with van der Waals surface area (Å²) in [7, 11) is 1.84. The molecule has 1 aliphatic carbocycles. The average molecular weight is 402 g/mol. The smallest absolute Gasteiger partial charge is 0.251 e. The zero-order valence-corrected chi connectivity index (χ0v) is 17.2. The number of aromatic nitrogens is 3. The largest absolute Gasteiger partial charge is 0.353 e. The van der Waals surface area contributed by atoms with Crippen molar-refractivity contribution in [2.24, 2.45) is 7.05 Å². The Morgan fingerprint density at radius 1 is 1.14 bits per heavy atom. The highest BCUT2D eigenvalue weighted by Gasteiger charge is 2.17. The maximum absolute atomic E-state index is 12.2. The van der Waals surface area contributed by atoms with Crippen molar-refractivity contribution < 1.29 is 9.59 Å². The highest BCUT2D eigenvalue weighted by atomic mass is 32.2. The summed E-state index contributed by atoms with van der Waals surface area (Å²) in [4.78, 5) is 24.4. The number of aryl methyl sites for hydroxylation is 1. The van der Waals surface area contributed by atoms with Crippen LogP contribution in [0.3, 0.4) is 0 Å². The lowest BCUT2D eigenvalue weighted by Gasteiger charge is -2.22. The molecule has 1 aromatic carbocycles. The fraction of sp³-hybridized carbons (Fsp3) is 0.500. The molecule has 150 valence electrons. The lowest BCUT2D eigenvalue weighted by Crippen LogP contribution is -2.37.